The van der Waals surface area contributed by atoms with Gasteiger partial charge in [-0.25, -0.2) is 4.98 Å². The first-order valence-corrected chi connectivity index (χ1v) is 10.7. The van der Waals surface area contributed by atoms with Gasteiger partial charge in [-0.3, -0.25) is 4.79 Å². The molecule has 1 amide bonds. The molecule has 0 unspecified atom stereocenters. The summed E-state index contributed by atoms with van der Waals surface area (Å²) in [7, 11) is 0. The van der Waals surface area contributed by atoms with Gasteiger partial charge in [0.15, 0.2) is 5.65 Å². The van der Waals surface area contributed by atoms with Crippen LogP contribution in [-0.2, 0) is 0 Å². The second-order valence-corrected chi connectivity index (χ2v) is 7.41. The van der Waals surface area contributed by atoms with Gasteiger partial charge in [-0.15, -0.1) is 0 Å². The summed E-state index contributed by atoms with van der Waals surface area (Å²) in [4.78, 5) is 30.9. The number of nitriles is 1. The summed E-state index contributed by atoms with van der Waals surface area (Å²) in [5.74, 6) is 1.21. The Bertz CT molecular complexity index is 1400. The first-order chi connectivity index (χ1) is 16.4. The molecule has 0 saturated heterocycles. The monoisotopic (exact) mass is 457 g/mol. The zero-order valence-electron chi connectivity index (χ0n) is 19.0. The van der Waals surface area contributed by atoms with Crippen molar-refractivity contribution in [3.63, 3.8) is 0 Å². The number of amides is 1. The Morgan fingerprint density at radius 1 is 1.12 bits per heavy atom. The van der Waals surface area contributed by atoms with Gasteiger partial charge in [-0.1, -0.05) is 6.07 Å². The molecule has 3 N–H and O–H groups in total. The number of nitrogens with two attached hydrogens (primary N) is 1. The average Bonchev–Trinajstić information content (AvgIpc) is 3.20. The highest BCUT2D eigenvalue weighted by Gasteiger charge is 2.21. The predicted octanol–water partition coefficient (Wildman–Crippen LogP) is 4.18. The van der Waals surface area contributed by atoms with Gasteiger partial charge in [0, 0.05) is 24.8 Å². The number of fused-ring (bicyclic) bond motifs is 1. The molecule has 0 aliphatic rings. The molecule has 172 valence electrons. The number of carbonyl (C=O) groups excluding carboxylic acids is 1. The van der Waals surface area contributed by atoms with Crippen molar-refractivity contribution in [1.29, 1.82) is 5.26 Å². The SMILES string of the molecule is CCN(CC)C(=O)c1ccc(C#N)cc1Oc1nc(Oc2cccc(N)c2)c2[nH]c(C)nc2n1. The number of aryl methyl sites for hydroxylation is 1. The van der Waals surface area contributed by atoms with Gasteiger partial charge in [0.2, 0.25) is 0 Å². The van der Waals surface area contributed by atoms with Crippen LogP contribution in [0.15, 0.2) is 42.5 Å². The minimum Gasteiger partial charge on any atom is -0.437 e. The van der Waals surface area contributed by atoms with Crippen molar-refractivity contribution in [1.82, 2.24) is 24.8 Å². The van der Waals surface area contributed by atoms with Crippen LogP contribution in [0.4, 0.5) is 5.69 Å². The number of hydrogen-bond acceptors (Lipinski definition) is 8. The summed E-state index contributed by atoms with van der Waals surface area (Å²) in [5.41, 5.74) is 7.83. The van der Waals surface area contributed by atoms with Gasteiger partial charge in [-0.2, -0.15) is 15.2 Å². The van der Waals surface area contributed by atoms with Crippen molar-refractivity contribution in [2.24, 2.45) is 0 Å². The number of carbonyl (C=O) groups is 1. The fourth-order valence-electron chi connectivity index (χ4n) is 3.41. The Morgan fingerprint density at radius 3 is 2.62 bits per heavy atom. The number of aromatic amines is 1. The molecule has 10 nitrogen and oxygen atoms in total. The fourth-order valence-corrected chi connectivity index (χ4v) is 3.41. The quantitative estimate of drug-likeness (QED) is 0.393. The molecule has 0 spiro atoms. The van der Waals surface area contributed by atoms with E-state index in [-0.39, 0.29) is 23.5 Å². The lowest BCUT2D eigenvalue weighted by atomic mass is 10.1. The number of aromatic nitrogens is 4. The second-order valence-electron chi connectivity index (χ2n) is 7.41. The van der Waals surface area contributed by atoms with E-state index in [9.17, 15) is 10.1 Å². The Hall–Kier alpha value is -4.65. The lowest BCUT2D eigenvalue weighted by molar-refractivity contribution is 0.0770. The van der Waals surface area contributed by atoms with Crippen molar-refractivity contribution in [2.75, 3.05) is 18.8 Å². The van der Waals surface area contributed by atoms with E-state index in [0.29, 0.717) is 52.6 Å². The summed E-state index contributed by atoms with van der Waals surface area (Å²) in [5, 5.41) is 9.36. The van der Waals surface area contributed by atoms with E-state index >= 15 is 0 Å². The molecule has 2 heterocycles. The summed E-state index contributed by atoms with van der Waals surface area (Å²) < 4.78 is 11.9. The van der Waals surface area contributed by atoms with Crippen LogP contribution < -0.4 is 15.2 Å². The zero-order chi connectivity index (χ0) is 24.2. The van der Waals surface area contributed by atoms with E-state index < -0.39 is 0 Å². The number of rotatable bonds is 7. The highest BCUT2D eigenvalue weighted by atomic mass is 16.5. The Morgan fingerprint density at radius 2 is 1.91 bits per heavy atom. The largest absolute Gasteiger partial charge is 0.437 e. The van der Waals surface area contributed by atoms with E-state index in [0.717, 1.165) is 0 Å². The van der Waals surface area contributed by atoms with Crippen LogP contribution in [0.3, 0.4) is 0 Å². The lowest BCUT2D eigenvalue weighted by Crippen LogP contribution is -2.30. The summed E-state index contributed by atoms with van der Waals surface area (Å²) in [6, 6.07) is 13.5. The molecular weight excluding hydrogens is 434 g/mol. The van der Waals surface area contributed by atoms with E-state index in [2.05, 4.69) is 26.0 Å². The molecule has 4 rings (SSSR count). The molecule has 0 aliphatic heterocycles. The molecule has 4 aromatic rings. The van der Waals surface area contributed by atoms with Crippen LogP contribution in [-0.4, -0.2) is 43.8 Å². The molecule has 0 atom stereocenters. The van der Waals surface area contributed by atoms with Gasteiger partial charge in [-0.05, 0) is 51.1 Å². The number of hydrogen-bond donors (Lipinski definition) is 2. The number of ether oxygens (including phenoxy) is 2. The highest BCUT2D eigenvalue weighted by Crippen LogP contribution is 2.32. The van der Waals surface area contributed by atoms with Crippen LogP contribution >= 0.6 is 0 Å². The molecule has 10 heteroatoms. The lowest BCUT2D eigenvalue weighted by Gasteiger charge is -2.20. The first kappa shape index (κ1) is 22.5. The summed E-state index contributed by atoms with van der Waals surface area (Å²) in [6.45, 7) is 6.62. The van der Waals surface area contributed by atoms with Crippen LogP contribution in [0.2, 0.25) is 0 Å². The summed E-state index contributed by atoms with van der Waals surface area (Å²) >= 11 is 0. The maximum Gasteiger partial charge on any atom is 0.327 e. The maximum absolute atomic E-state index is 13.0. The minimum absolute atomic E-state index is 0.0819. The molecule has 34 heavy (non-hydrogen) atoms. The molecule has 2 aromatic heterocycles. The number of H-pyrrole nitrogens is 1. The Labute approximate surface area is 196 Å². The molecule has 0 saturated carbocycles. The predicted molar refractivity (Wildman–Crippen MR) is 126 cm³/mol. The normalized spacial score (nSPS) is 10.6. The van der Waals surface area contributed by atoms with Crippen molar-refractivity contribution < 1.29 is 14.3 Å². The molecule has 0 aliphatic carbocycles. The van der Waals surface area contributed by atoms with Crippen LogP contribution in [0.25, 0.3) is 11.2 Å². The van der Waals surface area contributed by atoms with Gasteiger partial charge in [0.25, 0.3) is 11.8 Å². The first-order valence-electron chi connectivity index (χ1n) is 10.7. The van der Waals surface area contributed by atoms with E-state index in [1.54, 1.807) is 48.2 Å². The number of anilines is 1. The summed E-state index contributed by atoms with van der Waals surface area (Å²) in [6.07, 6.45) is 0. The van der Waals surface area contributed by atoms with Crippen molar-refractivity contribution in [3.05, 3.63) is 59.4 Å². The number of nitrogens with zero attached hydrogens (tertiary/aromatic N) is 5. The maximum atomic E-state index is 13.0. The molecule has 0 bridgehead atoms. The van der Waals surface area contributed by atoms with Crippen molar-refractivity contribution in [3.8, 4) is 29.5 Å². The smallest absolute Gasteiger partial charge is 0.327 e. The number of imidazole rings is 1. The van der Waals surface area contributed by atoms with Crippen molar-refractivity contribution in [2.45, 2.75) is 20.8 Å². The molecular formula is C24H23N7O3. The third kappa shape index (κ3) is 4.59. The molecule has 0 fully saturated rings. The number of nitrogens with one attached hydrogen (secondary N) is 1. The van der Waals surface area contributed by atoms with E-state index in [1.165, 1.54) is 6.07 Å². The van der Waals surface area contributed by atoms with Gasteiger partial charge in [0.1, 0.15) is 22.8 Å². The standard InChI is InChI=1S/C24H23N7O3/c1-4-31(5-2)23(32)18-10-9-15(13-25)11-19(18)34-24-29-21-20(27-14(3)28-21)22(30-24)33-17-8-6-7-16(26)12-17/h6-12H,4-5,26H2,1-3H3,(H,27,28,29,30). The van der Waals surface area contributed by atoms with Gasteiger partial charge < -0.3 is 25.1 Å². The van der Waals surface area contributed by atoms with Crippen LogP contribution in [0, 0.1) is 18.3 Å². The number of nitrogen functional groups attached to an aromatic ring is 1. The van der Waals surface area contributed by atoms with Crippen molar-refractivity contribution >= 4 is 22.8 Å². The van der Waals surface area contributed by atoms with Crippen LogP contribution in [0.1, 0.15) is 35.6 Å². The molecule has 2 aromatic carbocycles. The topological polar surface area (TPSA) is 143 Å². The van der Waals surface area contributed by atoms with Gasteiger partial charge in [0.05, 0.1) is 17.2 Å². The highest BCUT2D eigenvalue weighted by molar-refractivity contribution is 5.97. The minimum atomic E-state index is -0.225. The fraction of sp³-hybridized carbons (Fsp3) is 0.208. The third-order valence-corrected chi connectivity index (χ3v) is 5.08. The Kier molecular flexibility index (Phi) is 6.27. The van der Waals surface area contributed by atoms with Crippen LogP contribution in [0.5, 0.6) is 23.4 Å². The Balaban J connectivity index is 1.78. The zero-order valence-corrected chi connectivity index (χ0v) is 19.0. The molecule has 0 radical (unpaired) electrons. The van der Waals surface area contributed by atoms with Gasteiger partial charge >= 0.3 is 6.01 Å². The van der Waals surface area contributed by atoms with E-state index in [1.807, 2.05) is 13.8 Å². The second kappa shape index (κ2) is 9.46. The third-order valence-electron chi connectivity index (χ3n) is 5.08. The average molecular weight is 457 g/mol. The number of benzene rings is 2. The van der Waals surface area contributed by atoms with E-state index in [4.69, 9.17) is 15.2 Å².